The van der Waals surface area contributed by atoms with Crippen molar-refractivity contribution in [2.75, 3.05) is 26.1 Å². The van der Waals surface area contributed by atoms with Crippen molar-refractivity contribution in [2.24, 2.45) is 5.92 Å². The maximum Gasteiger partial charge on any atom is 0.281 e. The van der Waals surface area contributed by atoms with E-state index in [1.165, 1.54) is 49.6 Å². The number of halogens is 1. The largest absolute Gasteiger partial charge is 0.493 e. The second kappa shape index (κ2) is 12.7. The van der Waals surface area contributed by atoms with Crippen LogP contribution in [0, 0.1) is 11.7 Å². The first kappa shape index (κ1) is 28.8. The highest BCUT2D eigenvalue weighted by Crippen LogP contribution is 2.29. The predicted octanol–water partition coefficient (Wildman–Crippen LogP) is 3.82. The Morgan fingerprint density at radius 2 is 1.87 bits per heavy atom. The van der Waals surface area contributed by atoms with Gasteiger partial charge in [0.2, 0.25) is 5.88 Å². The monoisotopic (exact) mass is 546 g/mol. The number of nitrogens with one attached hydrogen (secondary N) is 1. The number of hydrogen-bond donors (Lipinski definition) is 2. The number of benzene rings is 1. The summed E-state index contributed by atoms with van der Waals surface area (Å²) in [4.78, 5) is 21.3. The number of nitrogens with zero attached hydrogens (tertiary/aromatic N) is 2. The Morgan fingerprint density at radius 3 is 2.53 bits per heavy atom. The summed E-state index contributed by atoms with van der Waals surface area (Å²) >= 11 is 0. The molecule has 204 valence electrons. The number of sulfonamides is 1. The third-order valence-electron chi connectivity index (χ3n) is 5.19. The average molecular weight is 547 g/mol. The number of ether oxygens (including phenoxy) is 3. The molecule has 0 saturated carbocycles. The smallest absolute Gasteiger partial charge is 0.281 e. The minimum atomic E-state index is -4.34. The van der Waals surface area contributed by atoms with Crippen LogP contribution in [-0.2, 0) is 14.8 Å². The Labute approximate surface area is 221 Å². The van der Waals surface area contributed by atoms with E-state index in [0.717, 1.165) is 0 Å². The molecule has 10 nitrogen and oxygen atoms in total. The van der Waals surface area contributed by atoms with Crippen LogP contribution >= 0.6 is 0 Å². The summed E-state index contributed by atoms with van der Waals surface area (Å²) in [6.07, 6.45) is 0.0263. The molecule has 0 saturated heterocycles. The molecule has 38 heavy (non-hydrogen) atoms. The third kappa shape index (κ3) is 7.62. The van der Waals surface area contributed by atoms with Gasteiger partial charge in [0, 0.05) is 18.7 Å². The number of hydrogen-bond acceptors (Lipinski definition) is 9. The van der Waals surface area contributed by atoms with Gasteiger partial charge in [0.25, 0.3) is 15.9 Å². The molecular formula is C26H31FN4O6S. The Kier molecular flexibility index (Phi) is 9.59. The summed E-state index contributed by atoms with van der Waals surface area (Å²) in [5, 5.41) is -0.419. The van der Waals surface area contributed by atoms with E-state index < -0.39 is 32.9 Å². The van der Waals surface area contributed by atoms with Gasteiger partial charge < -0.3 is 19.9 Å². The van der Waals surface area contributed by atoms with E-state index in [1.54, 1.807) is 6.07 Å². The van der Waals surface area contributed by atoms with E-state index >= 15 is 0 Å². The first-order valence-electron chi connectivity index (χ1n) is 11.9. The number of pyridine rings is 2. The van der Waals surface area contributed by atoms with Crippen molar-refractivity contribution in [1.29, 1.82) is 0 Å². The van der Waals surface area contributed by atoms with Crippen LogP contribution in [0.4, 0.5) is 10.2 Å². The molecule has 0 fully saturated rings. The highest BCUT2D eigenvalue weighted by atomic mass is 32.2. The summed E-state index contributed by atoms with van der Waals surface area (Å²) in [5.74, 6) is -1.12. The number of carbonyl (C=O) groups excluding carboxylic acids is 1. The van der Waals surface area contributed by atoms with E-state index in [0.29, 0.717) is 24.3 Å². The summed E-state index contributed by atoms with van der Waals surface area (Å²) in [5.41, 5.74) is 6.11. The Balaban J connectivity index is 2.00. The average Bonchev–Trinajstić information content (AvgIpc) is 2.86. The lowest BCUT2D eigenvalue weighted by Gasteiger charge is -2.19. The molecule has 1 aromatic carbocycles. The molecule has 0 aliphatic carbocycles. The van der Waals surface area contributed by atoms with E-state index in [1.807, 2.05) is 25.5 Å². The van der Waals surface area contributed by atoms with Crippen molar-refractivity contribution in [3.8, 4) is 22.9 Å². The molecule has 0 aliphatic rings. The van der Waals surface area contributed by atoms with Crippen LogP contribution in [0.1, 0.15) is 37.6 Å². The fourth-order valence-corrected chi connectivity index (χ4v) is 4.25. The fraction of sp³-hybridized carbons (Fsp3) is 0.346. The molecule has 1 atom stereocenters. The zero-order valence-corrected chi connectivity index (χ0v) is 22.4. The molecule has 3 N–H and O–H groups in total. The van der Waals surface area contributed by atoms with Gasteiger partial charge in [-0.05, 0) is 48.7 Å². The van der Waals surface area contributed by atoms with Crippen LogP contribution in [-0.4, -0.2) is 50.7 Å². The van der Waals surface area contributed by atoms with Gasteiger partial charge in [-0.25, -0.2) is 19.1 Å². The highest BCUT2D eigenvalue weighted by Gasteiger charge is 2.25. The van der Waals surface area contributed by atoms with E-state index in [2.05, 4.69) is 9.97 Å². The van der Waals surface area contributed by atoms with E-state index in [9.17, 15) is 17.6 Å². The normalized spacial score (nSPS) is 12.3. The molecular weight excluding hydrogens is 515 g/mol. The van der Waals surface area contributed by atoms with Crippen molar-refractivity contribution < 1.29 is 31.8 Å². The Hall–Kier alpha value is -3.77. The standard InChI is InChI=1S/C26H31FN4O6S/c1-5-19(15-35-4)37-26-21(25(32)31-38(33,34)24-8-6-7-23(28)30-24)9-10-22(29-26)17-11-18(27)13-20(12-17)36-14-16(2)3/h6-13,16,19H,5,14-15H2,1-4H3,(H2,28,30)(H,31,32). The molecule has 3 rings (SSSR count). The lowest BCUT2D eigenvalue weighted by atomic mass is 10.1. The maximum atomic E-state index is 14.4. The molecule has 12 heteroatoms. The summed E-state index contributed by atoms with van der Waals surface area (Å²) in [7, 11) is -2.84. The molecule has 0 aliphatic heterocycles. The van der Waals surface area contributed by atoms with E-state index in [4.69, 9.17) is 19.9 Å². The lowest BCUT2D eigenvalue weighted by Crippen LogP contribution is -2.32. The number of methoxy groups -OCH3 is 1. The number of nitrogen functional groups attached to an aromatic ring is 1. The lowest BCUT2D eigenvalue weighted by molar-refractivity contribution is 0.0738. The van der Waals surface area contributed by atoms with Crippen LogP contribution in [0.3, 0.4) is 0 Å². The number of nitrogens with two attached hydrogens (primary N) is 1. The van der Waals surface area contributed by atoms with E-state index in [-0.39, 0.29) is 35.5 Å². The molecule has 2 aromatic heterocycles. The molecule has 0 spiro atoms. The second-order valence-corrected chi connectivity index (χ2v) is 10.5. The van der Waals surface area contributed by atoms with Crippen LogP contribution in [0.25, 0.3) is 11.3 Å². The van der Waals surface area contributed by atoms with Crippen LogP contribution in [0.5, 0.6) is 11.6 Å². The minimum Gasteiger partial charge on any atom is -0.493 e. The number of amides is 1. The minimum absolute atomic E-state index is 0.0208. The summed E-state index contributed by atoms with van der Waals surface area (Å²) < 4.78 is 58.6. The zero-order valence-electron chi connectivity index (χ0n) is 21.6. The highest BCUT2D eigenvalue weighted by molar-refractivity contribution is 7.90. The Morgan fingerprint density at radius 1 is 1.11 bits per heavy atom. The zero-order chi connectivity index (χ0) is 27.9. The van der Waals surface area contributed by atoms with Crippen molar-refractivity contribution in [3.05, 3.63) is 59.9 Å². The number of rotatable bonds is 12. The molecule has 0 bridgehead atoms. The summed E-state index contributed by atoms with van der Waals surface area (Å²) in [6, 6.07) is 11.0. The van der Waals surface area contributed by atoms with Gasteiger partial charge >= 0.3 is 0 Å². The van der Waals surface area contributed by atoms with Gasteiger partial charge in [-0.3, -0.25) is 4.79 Å². The molecule has 1 amide bonds. The molecule has 1 unspecified atom stereocenters. The van der Waals surface area contributed by atoms with Crippen LogP contribution in [0.2, 0.25) is 0 Å². The number of carbonyl (C=O) groups is 1. The predicted molar refractivity (Wildman–Crippen MR) is 140 cm³/mol. The third-order valence-corrected chi connectivity index (χ3v) is 6.42. The van der Waals surface area contributed by atoms with Crippen molar-refractivity contribution in [2.45, 2.75) is 38.3 Å². The topological polar surface area (TPSA) is 143 Å². The first-order chi connectivity index (χ1) is 18.0. The number of anilines is 1. The van der Waals surface area contributed by atoms with Gasteiger partial charge in [-0.15, -0.1) is 0 Å². The van der Waals surface area contributed by atoms with Gasteiger partial charge in [-0.2, -0.15) is 8.42 Å². The molecule has 2 heterocycles. The maximum absolute atomic E-state index is 14.4. The first-order valence-corrected chi connectivity index (χ1v) is 13.4. The van der Waals surface area contributed by atoms with Crippen LogP contribution < -0.4 is 19.9 Å². The molecule has 0 radical (unpaired) electrons. The van der Waals surface area contributed by atoms with Crippen molar-refractivity contribution in [1.82, 2.24) is 14.7 Å². The van der Waals surface area contributed by atoms with Gasteiger partial charge in [0.1, 0.15) is 29.1 Å². The quantitative estimate of drug-likeness (QED) is 0.346. The van der Waals surface area contributed by atoms with Gasteiger partial charge in [0.05, 0.1) is 18.9 Å². The fourth-order valence-electron chi connectivity index (χ4n) is 3.31. The van der Waals surface area contributed by atoms with Gasteiger partial charge in [-0.1, -0.05) is 26.8 Å². The van der Waals surface area contributed by atoms with Crippen molar-refractivity contribution in [3.63, 3.8) is 0 Å². The van der Waals surface area contributed by atoms with Crippen molar-refractivity contribution >= 4 is 21.7 Å². The van der Waals surface area contributed by atoms with Crippen LogP contribution in [0.15, 0.2) is 53.6 Å². The Bertz CT molecular complexity index is 1380. The second-order valence-electron chi connectivity index (χ2n) is 8.87. The van der Waals surface area contributed by atoms with Gasteiger partial charge in [0.15, 0.2) is 5.03 Å². The SMILES string of the molecule is CCC(COC)Oc1nc(-c2cc(F)cc(OCC(C)C)c2)ccc1C(=O)NS(=O)(=O)c1cccc(N)n1. The summed E-state index contributed by atoms with van der Waals surface area (Å²) in [6.45, 7) is 6.40. The molecule has 3 aromatic rings. The number of aromatic nitrogens is 2.